The van der Waals surface area contributed by atoms with Gasteiger partial charge < -0.3 is 5.32 Å². The van der Waals surface area contributed by atoms with Crippen LogP contribution in [0.15, 0.2) is 48.5 Å². The lowest BCUT2D eigenvalue weighted by atomic mass is 10.1. The van der Waals surface area contributed by atoms with Crippen LogP contribution in [0.1, 0.15) is 5.56 Å². The van der Waals surface area contributed by atoms with Crippen LogP contribution in [0.5, 0.6) is 0 Å². The molecule has 0 saturated carbocycles. The van der Waals surface area contributed by atoms with E-state index in [2.05, 4.69) is 5.32 Å². The molecular formula is C17H16N4O5S. The topological polar surface area (TPSA) is 133 Å². The van der Waals surface area contributed by atoms with Crippen molar-refractivity contribution in [2.24, 2.45) is 0 Å². The fourth-order valence-electron chi connectivity index (χ4n) is 2.29. The lowest BCUT2D eigenvalue weighted by Crippen LogP contribution is -2.37. The molecule has 0 bridgehead atoms. The first-order valence-electron chi connectivity index (χ1n) is 7.68. The third kappa shape index (κ3) is 5.52. The van der Waals surface area contributed by atoms with Crippen molar-refractivity contribution >= 4 is 33.0 Å². The maximum Gasteiger partial charge on any atom is 0.271 e. The summed E-state index contributed by atoms with van der Waals surface area (Å²) in [6.45, 7) is -0.542. The van der Waals surface area contributed by atoms with Crippen LogP contribution in [-0.4, -0.2) is 32.0 Å². The largest absolute Gasteiger partial charge is 0.325 e. The van der Waals surface area contributed by atoms with Crippen LogP contribution < -0.4 is 9.62 Å². The highest BCUT2D eigenvalue weighted by molar-refractivity contribution is 7.92. The number of hydrogen-bond acceptors (Lipinski definition) is 6. The molecule has 0 fully saturated rings. The second-order valence-corrected chi connectivity index (χ2v) is 7.53. The predicted octanol–water partition coefficient (Wildman–Crippen LogP) is 2.07. The van der Waals surface area contributed by atoms with Gasteiger partial charge in [-0.05, 0) is 23.8 Å². The quantitative estimate of drug-likeness (QED) is 0.570. The molecule has 0 saturated heterocycles. The Balaban J connectivity index is 2.19. The molecule has 0 atom stereocenters. The van der Waals surface area contributed by atoms with Gasteiger partial charge in [-0.2, -0.15) is 5.26 Å². The van der Waals surface area contributed by atoms with Crippen molar-refractivity contribution in [3.63, 3.8) is 0 Å². The van der Waals surface area contributed by atoms with E-state index in [0.29, 0.717) is 5.69 Å². The molecule has 0 radical (unpaired) electrons. The van der Waals surface area contributed by atoms with Gasteiger partial charge in [-0.1, -0.05) is 18.2 Å². The minimum absolute atomic E-state index is 0.0196. The Labute approximate surface area is 156 Å². The highest BCUT2D eigenvalue weighted by Gasteiger charge is 2.22. The van der Waals surface area contributed by atoms with Crippen LogP contribution in [0.25, 0.3) is 0 Å². The normalized spacial score (nSPS) is 10.7. The number of nitriles is 1. The first-order valence-corrected chi connectivity index (χ1v) is 9.53. The summed E-state index contributed by atoms with van der Waals surface area (Å²) in [5, 5.41) is 22.1. The fourth-order valence-corrected chi connectivity index (χ4v) is 3.14. The zero-order valence-electron chi connectivity index (χ0n) is 14.3. The van der Waals surface area contributed by atoms with E-state index in [4.69, 9.17) is 5.26 Å². The SMILES string of the molecule is CS(=O)(=O)N(CC(=O)Nc1ccc(CC#N)cc1)c1cccc([N+](=O)[O-])c1. The van der Waals surface area contributed by atoms with Crippen LogP contribution in [0.4, 0.5) is 17.1 Å². The van der Waals surface area contributed by atoms with Gasteiger partial charge in [0.25, 0.3) is 5.69 Å². The Kier molecular flexibility index (Phi) is 6.10. The summed E-state index contributed by atoms with van der Waals surface area (Å²) in [6, 6.07) is 13.6. The van der Waals surface area contributed by atoms with E-state index >= 15 is 0 Å². The zero-order chi connectivity index (χ0) is 20.0. The van der Waals surface area contributed by atoms with E-state index in [9.17, 15) is 23.3 Å². The Bertz CT molecular complexity index is 997. The number of nitro benzene ring substituents is 1. The number of benzene rings is 2. The van der Waals surface area contributed by atoms with Crippen molar-refractivity contribution in [3.05, 3.63) is 64.2 Å². The molecule has 0 unspecified atom stereocenters. The molecule has 2 aromatic rings. The number of hydrogen-bond donors (Lipinski definition) is 1. The van der Waals surface area contributed by atoms with E-state index in [0.717, 1.165) is 22.2 Å². The Morgan fingerprint density at radius 3 is 2.48 bits per heavy atom. The van der Waals surface area contributed by atoms with Crippen molar-refractivity contribution in [2.45, 2.75) is 6.42 Å². The second-order valence-electron chi connectivity index (χ2n) is 5.63. The van der Waals surface area contributed by atoms with E-state index < -0.39 is 27.4 Å². The molecule has 0 aliphatic rings. The van der Waals surface area contributed by atoms with E-state index in [1.165, 1.54) is 18.2 Å². The summed E-state index contributed by atoms with van der Waals surface area (Å²) in [5.41, 5.74) is 0.958. The summed E-state index contributed by atoms with van der Waals surface area (Å²) in [5.74, 6) is -0.611. The number of non-ortho nitro benzene ring substituents is 1. The maximum atomic E-state index is 12.3. The molecule has 0 spiro atoms. The van der Waals surface area contributed by atoms with Crippen molar-refractivity contribution in [2.75, 3.05) is 22.4 Å². The highest BCUT2D eigenvalue weighted by Crippen LogP contribution is 2.23. The highest BCUT2D eigenvalue weighted by atomic mass is 32.2. The van der Waals surface area contributed by atoms with Crippen molar-refractivity contribution in [1.29, 1.82) is 5.26 Å². The number of rotatable bonds is 7. The summed E-state index contributed by atoms with van der Waals surface area (Å²) >= 11 is 0. The summed E-state index contributed by atoms with van der Waals surface area (Å²) < 4.78 is 24.9. The first kappa shape index (κ1) is 19.9. The zero-order valence-corrected chi connectivity index (χ0v) is 15.1. The van der Waals surface area contributed by atoms with Gasteiger partial charge in [0.15, 0.2) is 0 Å². The van der Waals surface area contributed by atoms with E-state index in [1.54, 1.807) is 24.3 Å². The number of nitrogens with one attached hydrogen (secondary N) is 1. The van der Waals surface area contributed by atoms with Gasteiger partial charge >= 0.3 is 0 Å². The molecule has 9 nitrogen and oxygen atoms in total. The fraction of sp³-hybridized carbons (Fsp3) is 0.176. The van der Waals surface area contributed by atoms with Gasteiger partial charge in [0.1, 0.15) is 6.54 Å². The van der Waals surface area contributed by atoms with Gasteiger partial charge in [-0.3, -0.25) is 19.2 Å². The number of nitrogens with zero attached hydrogens (tertiary/aromatic N) is 3. The number of nitro groups is 1. The van der Waals surface area contributed by atoms with E-state index in [-0.39, 0.29) is 17.8 Å². The molecule has 2 aromatic carbocycles. The molecule has 0 aliphatic carbocycles. The van der Waals surface area contributed by atoms with Gasteiger partial charge in [0.2, 0.25) is 15.9 Å². The van der Waals surface area contributed by atoms with Crippen molar-refractivity contribution in [1.82, 2.24) is 0 Å². The summed E-state index contributed by atoms with van der Waals surface area (Å²) in [6.07, 6.45) is 1.15. The lowest BCUT2D eigenvalue weighted by molar-refractivity contribution is -0.384. The number of amides is 1. The molecular weight excluding hydrogens is 372 g/mol. The summed E-state index contributed by atoms with van der Waals surface area (Å²) in [7, 11) is -3.85. The average Bonchev–Trinajstić information content (AvgIpc) is 2.61. The minimum Gasteiger partial charge on any atom is -0.325 e. The van der Waals surface area contributed by atoms with Crippen LogP contribution in [-0.2, 0) is 21.2 Å². The third-order valence-electron chi connectivity index (χ3n) is 3.54. The van der Waals surface area contributed by atoms with Crippen molar-refractivity contribution in [3.8, 4) is 6.07 Å². The molecule has 140 valence electrons. The van der Waals surface area contributed by atoms with Gasteiger partial charge in [-0.25, -0.2) is 8.42 Å². The Morgan fingerprint density at radius 2 is 1.93 bits per heavy atom. The maximum absolute atomic E-state index is 12.3. The molecule has 10 heteroatoms. The first-order chi connectivity index (χ1) is 12.7. The molecule has 1 N–H and O–H groups in total. The lowest BCUT2D eigenvalue weighted by Gasteiger charge is -2.21. The Morgan fingerprint density at radius 1 is 1.26 bits per heavy atom. The standard InChI is InChI=1S/C17H16N4O5S/c1-27(25,26)20(15-3-2-4-16(11-15)21(23)24)12-17(22)19-14-7-5-13(6-8-14)9-10-18/h2-8,11H,9,12H2,1H3,(H,19,22). The average molecular weight is 388 g/mol. The van der Waals surface area contributed by atoms with E-state index in [1.807, 2.05) is 6.07 Å². The summed E-state index contributed by atoms with van der Waals surface area (Å²) in [4.78, 5) is 22.5. The Hall–Kier alpha value is -3.45. The monoisotopic (exact) mass is 388 g/mol. The van der Waals surface area contributed by atoms with Gasteiger partial charge in [0, 0.05) is 17.8 Å². The molecule has 2 rings (SSSR count). The number of anilines is 2. The number of carbonyl (C=O) groups excluding carboxylic acids is 1. The molecule has 0 heterocycles. The van der Waals surface area contributed by atoms with Crippen molar-refractivity contribution < 1.29 is 18.1 Å². The number of carbonyl (C=O) groups is 1. The van der Waals surface area contributed by atoms with Gasteiger partial charge in [0.05, 0.1) is 29.4 Å². The molecule has 27 heavy (non-hydrogen) atoms. The molecule has 0 aromatic heterocycles. The smallest absolute Gasteiger partial charge is 0.271 e. The van der Waals surface area contributed by atoms with Gasteiger partial charge in [-0.15, -0.1) is 0 Å². The van der Waals surface area contributed by atoms with Crippen LogP contribution in [0, 0.1) is 21.4 Å². The molecule has 0 aliphatic heterocycles. The van der Waals surface area contributed by atoms with Crippen LogP contribution in [0.2, 0.25) is 0 Å². The molecule has 1 amide bonds. The second kappa shape index (κ2) is 8.29. The minimum atomic E-state index is -3.85. The van der Waals surface area contributed by atoms with Crippen LogP contribution >= 0.6 is 0 Å². The third-order valence-corrected chi connectivity index (χ3v) is 4.68. The predicted molar refractivity (Wildman–Crippen MR) is 99.7 cm³/mol. The van der Waals surface area contributed by atoms with Crippen LogP contribution in [0.3, 0.4) is 0 Å². The number of sulfonamides is 1.